The van der Waals surface area contributed by atoms with Gasteiger partial charge >= 0.3 is 0 Å². The van der Waals surface area contributed by atoms with Crippen LogP contribution < -0.4 is 5.73 Å². The zero-order valence-electron chi connectivity index (χ0n) is 10.9. The van der Waals surface area contributed by atoms with E-state index in [2.05, 4.69) is 25.8 Å². The number of rotatable bonds is 3. The van der Waals surface area contributed by atoms with Crippen molar-refractivity contribution in [2.24, 2.45) is 5.73 Å². The quantitative estimate of drug-likeness (QED) is 0.771. The van der Waals surface area contributed by atoms with Gasteiger partial charge in [0.2, 0.25) is 5.91 Å². The van der Waals surface area contributed by atoms with Crippen LogP contribution in [0.1, 0.15) is 33.6 Å². The number of amides is 1. The number of hydrogen-bond acceptors (Lipinski definition) is 3. The maximum absolute atomic E-state index is 11.7. The third-order valence-electron chi connectivity index (χ3n) is 3.56. The van der Waals surface area contributed by atoms with Gasteiger partial charge in [-0.15, -0.1) is 0 Å². The number of piperidine rings is 1. The molecule has 0 aliphatic carbocycles. The van der Waals surface area contributed by atoms with Gasteiger partial charge in [-0.1, -0.05) is 0 Å². The Balaban J connectivity index is 2.42. The summed E-state index contributed by atoms with van der Waals surface area (Å²) in [6.45, 7) is 7.87. The fourth-order valence-electron chi connectivity index (χ4n) is 2.20. The van der Waals surface area contributed by atoms with E-state index in [0.29, 0.717) is 12.1 Å². The number of nitrogens with zero attached hydrogens (tertiary/aromatic N) is 2. The Morgan fingerprint density at radius 1 is 1.31 bits per heavy atom. The van der Waals surface area contributed by atoms with Crippen molar-refractivity contribution in [3.63, 3.8) is 0 Å². The minimum absolute atomic E-state index is 0.0886. The molecule has 1 rings (SSSR count). The number of carbonyl (C=O) groups excluding carboxylic acids is 1. The van der Waals surface area contributed by atoms with Crippen molar-refractivity contribution in [3.8, 4) is 0 Å². The van der Waals surface area contributed by atoms with Crippen LogP contribution in [0.4, 0.5) is 0 Å². The Bertz CT molecular complexity index is 232. The van der Waals surface area contributed by atoms with Crippen LogP contribution in [-0.4, -0.2) is 54.0 Å². The van der Waals surface area contributed by atoms with Gasteiger partial charge < -0.3 is 15.5 Å². The summed E-state index contributed by atoms with van der Waals surface area (Å²) in [5.41, 5.74) is 5.61. The Labute approximate surface area is 98.8 Å². The molecule has 94 valence electrons. The third-order valence-corrected chi connectivity index (χ3v) is 3.56. The SMILES string of the molecule is CC(C)N(C)C1CCN(C(=O)[C@H](C)N)CC1. The number of hydrogen-bond donors (Lipinski definition) is 1. The van der Waals surface area contributed by atoms with Crippen LogP contribution in [0.2, 0.25) is 0 Å². The minimum atomic E-state index is -0.362. The van der Waals surface area contributed by atoms with Crippen LogP contribution >= 0.6 is 0 Å². The molecule has 0 radical (unpaired) electrons. The van der Waals surface area contributed by atoms with Crippen LogP contribution in [0, 0.1) is 0 Å². The van der Waals surface area contributed by atoms with Crippen LogP contribution in [0.15, 0.2) is 0 Å². The van der Waals surface area contributed by atoms with E-state index in [-0.39, 0.29) is 11.9 Å². The normalized spacial score (nSPS) is 20.6. The topological polar surface area (TPSA) is 49.6 Å². The summed E-state index contributed by atoms with van der Waals surface area (Å²) in [7, 11) is 2.17. The Morgan fingerprint density at radius 3 is 2.19 bits per heavy atom. The molecule has 4 nitrogen and oxygen atoms in total. The lowest BCUT2D eigenvalue weighted by Gasteiger charge is -2.39. The first kappa shape index (κ1) is 13.5. The van der Waals surface area contributed by atoms with Gasteiger partial charge in [-0.3, -0.25) is 4.79 Å². The molecule has 1 aliphatic heterocycles. The third kappa shape index (κ3) is 3.19. The predicted octanol–water partition coefficient (Wildman–Crippen LogP) is 0.665. The monoisotopic (exact) mass is 227 g/mol. The molecule has 0 aromatic rings. The highest BCUT2D eigenvalue weighted by molar-refractivity contribution is 5.81. The second kappa shape index (κ2) is 5.64. The zero-order valence-corrected chi connectivity index (χ0v) is 10.9. The fourth-order valence-corrected chi connectivity index (χ4v) is 2.20. The molecular weight excluding hydrogens is 202 g/mol. The molecule has 1 aliphatic rings. The second-order valence-electron chi connectivity index (χ2n) is 5.10. The van der Waals surface area contributed by atoms with Crippen molar-refractivity contribution in [1.82, 2.24) is 9.80 Å². The lowest BCUT2D eigenvalue weighted by atomic mass is 10.0. The van der Waals surface area contributed by atoms with E-state index in [0.717, 1.165) is 25.9 Å². The largest absolute Gasteiger partial charge is 0.341 e. The van der Waals surface area contributed by atoms with Crippen molar-refractivity contribution < 1.29 is 4.79 Å². The van der Waals surface area contributed by atoms with Crippen molar-refractivity contribution >= 4 is 5.91 Å². The maximum atomic E-state index is 11.7. The van der Waals surface area contributed by atoms with Gasteiger partial charge in [0.05, 0.1) is 6.04 Å². The standard InChI is InChI=1S/C12H25N3O/c1-9(2)14(4)11-5-7-15(8-6-11)12(16)10(3)13/h9-11H,5-8,13H2,1-4H3/t10-/m0/s1. The molecule has 4 heteroatoms. The molecule has 0 bridgehead atoms. The van der Waals surface area contributed by atoms with Crippen molar-refractivity contribution in [2.45, 2.75) is 51.7 Å². The summed E-state index contributed by atoms with van der Waals surface area (Å²) in [6, 6.07) is 0.817. The highest BCUT2D eigenvalue weighted by Crippen LogP contribution is 2.17. The first-order chi connectivity index (χ1) is 7.43. The van der Waals surface area contributed by atoms with E-state index >= 15 is 0 Å². The molecule has 1 fully saturated rings. The van der Waals surface area contributed by atoms with Crippen molar-refractivity contribution in [3.05, 3.63) is 0 Å². The van der Waals surface area contributed by atoms with Gasteiger partial charge in [0.25, 0.3) is 0 Å². The number of nitrogens with two attached hydrogens (primary N) is 1. The van der Waals surface area contributed by atoms with Gasteiger partial charge in [-0.2, -0.15) is 0 Å². The molecule has 1 amide bonds. The molecule has 16 heavy (non-hydrogen) atoms. The highest BCUT2D eigenvalue weighted by atomic mass is 16.2. The fraction of sp³-hybridized carbons (Fsp3) is 0.917. The zero-order chi connectivity index (χ0) is 12.3. The van der Waals surface area contributed by atoms with Gasteiger partial charge in [0.1, 0.15) is 0 Å². The van der Waals surface area contributed by atoms with Crippen molar-refractivity contribution in [2.75, 3.05) is 20.1 Å². The Morgan fingerprint density at radius 2 is 1.81 bits per heavy atom. The second-order valence-corrected chi connectivity index (χ2v) is 5.10. The smallest absolute Gasteiger partial charge is 0.239 e. The molecule has 0 aromatic carbocycles. The first-order valence-corrected chi connectivity index (χ1v) is 6.19. The average Bonchev–Trinajstić information content (AvgIpc) is 2.27. The van der Waals surface area contributed by atoms with E-state index in [1.807, 2.05) is 4.90 Å². The molecule has 2 N–H and O–H groups in total. The van der Waals surface area contributed by atoms with Crippen LogP contribution in [0.5, 0.6) is 0 Å². The summed E-state index contributed by atoms with van der Waals surface area (Å²) in [5.74, 6) is 0.0886. The van der Waals surface area contributed by atoms with Gasteiger partial charge in [0, 0.05) is 25.2 Å². The first-order valence-electron chi connectivity index (χ1n) is 6.19. The molecule has 1 atom stereocenters. The molecule has 0 saturated carbocycles. The van der Waals surface area contributed by atoms with E-state index in [1.165, 1.54) is 0 Å². The van der Waals surface area contributed by atoms with Gasteiger partial charge in [0.15, 0.2) is 0 Å². The summed E-state index contributed by atoms with van der Waals surface area (Å²) in [4.78, 5) is 16.0. The molecule has 0 aromatic heterocycles. The lowest BCUT2D eigenvalue weighted by molar-refractivity contribution is -0.133. The van der Waals surface area contributed by atoms with E-state index in [1.54, 1.807) is 6.92 Å². The van der Waals surface area contributed by atoms with Gasteiger partial charge in [-0.05, 0) is 40.7 Å². The van der Waals surface area contributed by atoms with E-state index < -0.39 is 0 Å². The number of likely N-dealkylation sites (tertiary alicyclic amines) is 1. The van der Waals surface area contributed by atoms with Crippen LogP contribution in [-0.2, 0) is 4.79 Å². The van der Waals surface area contributed by atoms with Gasteiger partial charge in [-0.25, -0.2) is 0 Å². The highest BCUT2D eigenvalue weighted by Gasteiger charge is 2.27. The average molecular weight is 227 g/mol. The molecule has 0 unspecified atom stereocenters. The summed E-state index contributed by atoms with van der Waals surface area (Å²) < 4.78 is 0. The maximum Gasteiger partial charge on any atom is 0.239 e. The Kier molecular flexibility index (Phi) is 4.74. The van der Waals surface area contributed by atoms with Crippen LogP contribution in [0.25, 0.3) is 0 Å². The molecule has 1 heterocycles. The Hall–Kier alpha value is -0.610. The predicted molar refractivity (Wildman–Crippen MR) is 66.2 cm³/mol. The summed E-state index contributed by atoms with van der Waals surface area (Å²) in [5, 5.41) is 0. The van der Waals surface area contributed by atoms with E-state index in [4.69, 9.17) is 5.73 Å². The minimum Gasteiger partial charge on any atom is -0.341 e. The van der Waals surface area contributed by atoms with Crippen LogP contribution in [0.3, 0.4) is 0 Å². The summed E-state index contributed by atoms with van der Waals surface area (Å²) >= 11 is 0. The molecule has 1 saturated heterocycles. The van der Waals surface area contributed by atoms with Crippen molar-refractivity contribution in [1.29, 1.82) is 0 Å². The summed E-state index contributed by atoms with van der Waals surface area (Å²) in [6.07, 6.45) is 2.13. The number of carbonyl (C=O) groups is 1. The molecular formula is C12H25N3O. The molecule has 0 spiro atoms. The van der Waals surface area contributed by atoms with E-state index in [9.17, 15) is 4.79 Å². The lowest BCUT2D eigenvalue weighted by Crippen LogP contribution is -2.50.